The number of hydrogen-bond acceptors (Lipinski definition) is 4. The highest BCUT2D eigenvalue weighted by Gasteiger charge is 2.35. The van der Waals surface area contributed by atoms with Crippen molar-refractivity contribution in [3.8, 4) is 17.0 Å². The number of alkyl halides is 3. The Hall–Kier alpha value is -2.31. The normalized spacial score (nSPS) is 11.7. The van der Waals surface area contributed by atoms with E-state index in [1.165, 1.54) is 6.07 Å². The van der Waals surface area contributed by atoms with Gasteiger partial charge in [-0.05, 0) is 26.0 Å². The van der Waals surface area contributed by atoms with Gasteiger partial charge in [-0.1, -0.05) is 12.1 Å². The fourth-order valence-corrected chi connectivity index (χ4v) is 1.74. The van der Waals surface area contributed by atoms with Gasteiger partial charge in [-0.2, -0.15) is 13.2 Å². The van der Waals surface area contributed by atoms with E-state index in [2.05, 4.69) is 9.97 Å². The van der Waals surface area contributed by atoms with Crippen molar-refractivity contribution >= 4 is 5.82 Å². The average Bonchev–Trinajstić information content (AvgIpc) is 2.36. The number of nitrogens with two attached hydrogens (primary N) is 1. The van der Waals surface area contributed by atoms with Crippen molar-refractivity contribution in [1.82, 2.24) is 9.97 Å². The molecule has 0 aliphatic carbocycles. The van der Waals surface area contributed by atoms with Crippen LogP contribution in [0.5, 0.6) is 5.75 Å². The summed E-state index contributed by atoms with van der Waals surface area (Å²) in [6.07, 6.45) is -4.68. The topological polar surface area (TPSA) is 61.0 Å². The molecule has 2 aromatic rings. The predicted octanol–water partition coefficient (Wildman–Crippen LogP) is 3.53. The second-order valence-electron chi connectivity index (χ2n) is 4.69. The third-order valence-electron chi connectivity index (χ3n) is 2.50. The van der Waals surface area contributed by atoms with E-state index in [4.69, 9.17) is 10.5 Å². The molecule has 0 aliphatic heterocycles. The molecule has 2 N–H and O–H groups in total. The van der Waals surface area contributed by atoms with E-state index in [1.807, 2.05) is 13.8 Å². The molecule has 0 radical (unpaired) electrons. The standard InChI is InChI=1S/C14H14F3N3O/c1-8(2)21-10-5-3-4-9(6-10)11-7-12(18)20-13(19-11)14(15,16)17/h3-8H,1-2H3,(H2,18,19,20). The van der Waals surface area contributed by atoms with Crippen LogP contribution in [0.25, 0.3) is 11.3 Å². The maximum atomic E-state index is 12.7. The van der Waals surface area contributed by atoms with Crippen molar-refractivity contribution < 1.29 is 17.9 Å². The van der Waals surface area contributed by atoms with Crippen LogP contribution in [0.1, 0.15) is 19.7 Å². The summed E-state index contributed by atoms with van der Waals surface area (Å²) in [6.45, 7) is 3.72. The molecule has 0 aliphatic rings. The Labute approximate surface area is 119 Å². The van der Waals surface area contributed by atoms with Crippen molar-refractivity contribution in [2.45, 2.75) is 26.1 Å². The van der Waals surface area contributed by atoms with E-state index in [0.717, 1.165) is 0 Å². The van der Waals surface area contributed by atoms with Gasteiger partial charge >= 0.3 is 6.18 Å². The van der Waals surface area contributed by atoms with Crippen molar-refractivity contribution in [2.24, 2.45) is 0 Å². The van der Waals surface area contributed by atoms with Crippen LogP contribution >= 0.6 is 0 Å². The van der Waals surface area contributed by atoms with E-state index < -0.39 is 12.0 Å². The van der Waals surface area contributed by atoms with Crippen molar-refractivity contribution in [2.75, 3.05) is 5.73 Å². The zero-order valence-corrected chi connectivity index (χ0v) is 11.5. The first-order chi connectivity index (χ1) is 9.75. The Morgan fingerprint density at radius 3 is 2.48 bits per heavy atom. The quantitative estimate of drug-likeness (QED) is 0.941. The largest absolute Gasteiger partial charge is 0.491 e. The van der Waals surface area contributed by atoms with Crippen LogP contribution in [0.3, 0.4) is 0 Å². The molecule has 1 aromatic heterocycles. The molecule has 0 fully saturated rings. The minimum Gasteiger partial charge on any atom is -0.491 e. The lowest BCUT2D eigenvalue weighted by atomic mass is 10.1. The number of halogens is 3. The highest BCUT2D eigenvalue weighted by molar-refractivity contribution is 5.63. The second kappa shape index (κ2) is 5.59. The Kier molecular flexibility index (Phi) is 4.02. The van der Waals surface area contributed by atoms with Crippen LogP contribution in [0.15, 0.2) is 30.3 Å². The Bertz CT molecular complexity index is 642. The minimum atomic E-state index is -4.64. The summed E-state index contributed by atoms with van der Waals surface area (Å²) < 4.78 is 43.6. The fourth-order valence-electron chi connectivity index (χ4n) is 1.74. The third-order valence-corrected chi connectivity index (χ3v) is 2.50. The number of nitrogens with zero attached hydrogens (tertiary/aromatic N) is 2. The molecule has 0 saturated carbocycles. The van der Waals surface area contributed by atoms with Crippen LogP contribution in [0.2, 0.25) is 0 Å². The highest BCUT2D eigenvalue weighted by atomic mass is 19.4. The maximum absolute atomic E-state index is 12.7. The first kappa shape index (κ1) is 15.1. The maximum Gasteiger partial charge on any atom is 0.451 e. The van der Waals surface area contributed by atoms with E-state index >= 15 is 0 Å². The summed E-state index contributed by atoms with van der Waals surface area (Å²) in [6, 6.07) is 7.94. The number of aromatic nitrogens is 2. The minimum absolute atomic E-state index is 0.0403. The second-order valence-corrected chi connectivity index (χ2v) is 4.69. The first-order valence-corrected chi connectivity index (χ1v) is 6.24. The molecule has 1 heterocycles. The van der Waals surface area contributed by atoms with Crippen LogP contribution in [0, 0.1) is 0 Å². The molecule has 0 bridgehead atoms. The highest BCUT2D eigenvalue weighted by Crippen LogP contribution is 2.30. The van der Waals surface area contributed by atoms with Gasteiger partial charge in [0.25, 0.3) is 0 Å². The summed E-state index contributed by atoms with van der Waals surface area (Å²) in [5.74, 6) is -0.941. The zero-order valence-electron chi connectivity index (χ0n) is 11.5. The van der Waals surface area contributed by atoms with Gasteiger partial charge in [0.2, 0.25) is 5.82 Å². The molecule has 0 spiro atoms. The van der Waals surface area contributed by atoms with Gasteiger partial charge in [-0.25, -0.2) is 9.97 Å². The molecule has 0 amide bonds. The van der Waals surface area contributed by atoms with Gasteiger partial charge in [0, 0.05) is 11.6 Å². The van der Waals surface area contributed by atoms with E-state index in [0.29, 0.717) is 11.3 Å². The van der Waals surface area contributed by atoms with Crippen LogP contribution in [0.4, 0.5) is 19.0 Å². The molecule has 4 nitrogen and oxygen atoms in total. The van der Waals surface area contributed by atoms with E-state index in [1.54, 1.807) is 24.3 Å². The van der Waals surface area contributed by atoms with Crippen LogP contribution in [-0.2, 0) is 6.18 Å². The van der Waals surface area contributed by atoms with Gasteiger partial charge in [0.1, 0.15) is 11.6 Å². The average molecular weight is 297 g/mol. The van der Waals surface area contributed by atoms with Gasteiger partial charge < -0.3 is 10.5 Å². The number of nitrogen functional groups attached to an aromatic ring is 1. The third kappa shape index (κ3) is 3.84. The van der Waals surface area contributed by atoms with Gasteiger partial charge in [0.05, 0.1) is 11.8 Å². The fraction of sp³-hybridized carbons (Fsp3) is 0.286. The summed E-state index contributed by atoms with van der Waals surface area (Å²) in [5.41, 5.74) is 6.01. The summed E-state index contributed by atoms with van der Waals surface area (Å²) in [5, 5.41) is 0. The first-order valence-electron chi connectivity index (χ1n) is 6.24. The monoisotopic (exact) mass is 297 g/mol. The number of anilines is 1. The molecule has 1 aromatic carbocycles. The number of ether oxygens (including phenoxy) is 1. The number of rotatable bonds is 3. The van der Waals surface area contributed by atoms with Gasteiger partial charge in [-0.3, -0.25) is 0 Å². The smallest absolute Gasteiger partial charge is 0.451 e. The van der Waals surface area contributed by atoms with E-state index in [-0.39, 0.29) is 17.6 Å². The molecule has 2 rings (SSSR count). The SMILES string of the molecule is CC(C)Oc1cccc(-c2cc(N)nc(C(F)(F)F)n2)c1. The van der Waals surface area contributed by atoms with E-state index in [9.17, 15) is 13.2 Å². The van der Waals surface area contributed by atoms with Crippen LogP contribution < -0.4 is 10.5 Å². The zero-order chi connectivity index (χ0) is 15.6. The summed E-state index contributed by atoms with van der Waals surface area (Å²) >= 11 is 0. The van der Waals surface area contributed by atoms with Gasteiger partial charge in [0.15, 0.2) is 0 Å². The Balaban J connectivity index is 2.44. The molecular weight excluding hydrogens is 283 g/mol. The molecule has 0 saturated heterocycles. The van der Waals surface area contributed by atoms with Crippen LogP contribution in [-0.4, -0.2) is 16.1 Å². The van der Waals surface area contributed by atoms with Crippen molar-refractivity contribution in [3.63, 3.8) is 0 Å². The van der Waals surface area contributed by atoms with Crippen molar-refractivity contribution in [1.29, 1.82) is 0 Å². The van der Waals surface area contributed by atoms with Crippen molar-refractivity contribution in [3.05, 3.63) is 36.2 Å². The van der Waals surface area contributed by atoms with Gasteiger partial charge in [-0.15, -0.1) is 0 Å². The molecule has 0 atom stereocenters. The predicted molar refractivity (Wildman–Crippen MR) is 72.6 cm³/mol. The molecular formula is C14H14F3N3O. The molecule has 21 heavy (non-hydrogen) atoms. The Morgan fingerprint density at radius 1 is 1.14 bits per heavy atom. The summed E-state index contributed by atoms with van der Waals surface area (Å²) in [4.78, 5) is 6.74. The lowest BCUT2D eigenvalue weighted by Crippen LogP contribution is -2.13. The number of hydrogen-bond donors (Lipinski definition) is 1. The molecule has 0 unspecified atom stereocenters. The Morgan fingerprint density at radius 2 is 1.86 bits per heavy atom. The lowest BCUT2D eigenvalue weighted by Gasteiger charge is -2.12. The molecule has 112 valence electrons. The summed E-state index contributed by atoms with van der Waals surface area (Å²) in [7, 11) is 0. The number of benzene rings is 1. The lowest BCUT2D eigenvalue weighted by molar-refractivity contribution is -0.144. The molecule has 7 heteroatoms.